The van der Waals surface area contributed by atoms with E-state index in [2.05, 4.69) is 17.5 Å². The van der Waals surface area contributed by atoms with Gasteiger partial charge in [0.25, 0.3) is 5.91 Å². The van der Waals surface area contributed by atoms with Crippen molar-refractivity contribution in [1.82, 2.24) is 10.2 Å². The predicted molar refractivity (Wildman–Crippen MR) is 82.3 cm³/mol. The first kappa shape index (κ1) is 14.9. The lowest BCUT2D eigenvalue weighted by Crippen LogP contribution is -2.47. The van der Waals surface area contributed by atoms with Crippen LogP contribution in [0.15, 0.2) is 35.2 Å². The molecule has 1 atom stereocenters. The number of hydrogen-bond donors (Lipinski definition) is 1. The highest BCUT2D eigenvalue weighted by atomic mass is 16.3. The van der Waals surface area contributed by atoms with Crippen LogP contribution < -0.4 is 5.32 Å². The van der Waals surface area contributed by atoms with Crippen molar-refractivity contribution in [3.8, 4) is 0 Å². The van der Waals surface area contributed by atoms with E-state index in [1.54, 1.807) is 6.07 Å². The molecule has 2 heterocycles. The first-order valence-corrected chi connectivity index (χ1v) is 8.01. The predicted octanol–water partition coefficient (Wildman–Crippen LogP) is 2.36. The molecule has 0 saturated carbocycles. The summed E-state index contributed by atoms with van der Waals surface area (Å²) in [4.78, 5) is 26.3. The quantitative estimate of drug-likeness (QED) is 0.872. The van der Waals surface area contributed by atoms with Gasteiger partial charge in [-0.15, -0.1) is 0 Å². The fourth-order valence-electron chi connectivity index (χ4n) is 3.15. The van der Waals surface area contributed by atoms with Crippen LogP contribution in [-0.4, -0.2) is 35.8 Å². The largest absolute Gasteiger partial charge is 0.472 e. The molecule has 1 aromatic heterocycles. The number of likely N-dealkylation sites (tertiary alicyclic amines) is 1. The second-order valence-corrected chi connectivity index (χ2v) is 6.07. The third kappa shape index (κ3) is 3.40. The molecule has 2 amide bonds. The smallest absolute Gasteiger partial charge is 0.257 e. The number of furan rings is 1. The maximum Gasteiger partial charge on any atom is 0.257 e. The van der Waals surface area contributed by atoms with E-state index in [0.717, 1.165) is 32.1 Å². The van der Waals surface area contributed by atoms with Crippen LogP contribution >= 0.6 is 0 Å². The molecular formula is C17H22N2O3. The van der Waals surface area contributed by atoms with Crippen molar-refractivity contribution in [2.75, 3.05) is 13.1 Å². The topological polar surface area (TPSA) is 62.6 Å². The van der Waals surface area contributed by atoms with Crippen LogP contribution in [0.3, 0.4) is 0 Å². The minimum absolute atomic E-state index is 0.0101. The Balaban J connectivity index is 1.46. The van der Waals surface area contributed by atoms with Crippen LogP contribution in [0.5, 0.6) is 0 Å². The number of nitrogens with one attached hydrogen (secondary N) is 1. The maximum atomic E-state index is 12.2. The summed E-state index contributed by atoms with van der Waals surface area (Å²) in [7, 11) is 0. The van der Waals surface area contributed by atoms with Gasteiger partial charge in [-0.05, 0) is 38.2 Å². The summed E-state index contributed by atoms with van der Waals surface area (Å²) >= 11 is 0. The summed E-state index contributed by atoms with van der Waals surface area (Å²) < 4.78 is 4.96. The van der Waals surface area contributed by atoms with E-state index in [4.69, 9.17) is 4.42 Å². The zero-order valence-corrected chi connectivity index (χ0v) is 12.7. The van der Waals surface area contributed by atoms with Gasteiger partial charge in [0.1, 0.15) is 6.26 Å². The van der Waals surface area contributed by atoms with Gasteiger partial charge in [0.2, 0.25) is 5.91 Å². The molecule has 5 nitrogen and oxygen atoms in total. The van der Waals surface area contributed by atoms with Crippen LogP contribution in [0.1, 0.15) is 42.5 Å². The standard InChI is InChI=1S/C17H22N2O3/c20-16(13-4-2-1-3-5-13)18-15-6-9-19(10-7-15)17(21)14-8-11-22-12-14/h1-2,8,11-13,15H,3-7,9-10H2,(H,18,20)/t13-/m1/s1. The second kappa shape index (κ2) is 6.81. The van der Waals surface area contributed by atoms with Crippen molar-refractivity contribution in [3.63, 3.8) is 0 Å². The number of amides is 2. The van der Waals surface area contributed by atoms with E-state index in [1.807, 2.05) is 4.90 Å². The summed E-state index contributed by atoms with van der Waals surface area (Å²) in [5, 5.41) is 3.15. The van der Waals surface area contributed by atoms with Gasteiger partial charge >= 0.3 is 0 Å². The van der Waals surface area contributed by atoms with Gasteiger partial charge < -0.3 is 14.6 Å². The van der Waals surface area contributed by atoms with Gasteiger partial charge in [-0.1, -0.05) is 12.2 Å². The van der Waals surface area contributed by atoms with E-state index < -0.39 is 0 Å². The molecule has 2 aliphatic rings. The molecule has 0 radical (unpaired) electrons. The Labute approximate surface area is 130 Å². The highest BCUT2D eigenvalue weighted by Crippen LogP contribution is 2.20. The van der Waals surface area contributed by atoms with Crippen LogP contribution in [0, 0.1) is 5.92 Å². The van der Waals surface area contributed by atoms with Crippen molar-refractivity contribution in [3.05, 3.63) is 36.3 Å². The molecule has 0 aromatic carbocycles. The van der Waals surface area contributed by atoms with Gasteiger partial charge in [-0.2, -0.15) is 0 Å². The third-order valence-corrected chi connectivity index (χ3v) is 4.54. The second-order valence-electron chi connectivity index (χ2n) is 6.07. The van der Waals surface area contributed by atoms with E-state index in [-0.39, 0.29) is 23.8 Å². The minimum atomic E-state index is 0.0101. The van der Waals surface area contributed by atoms with Crippen LogP contribution in [0.4, 0.5) is 0 Å². The first-order valence-electron chi connectivity index (χ1n) is 8.01. The average molecular weight is 302 g/mol. The van der Waals surface area contributed by atoms with Crippen LogP contribution in [-0.2, 0) is 4.79 Å². The Kier molecular flexibility index (Phi) is 4.61. The Morgan fingerprint density at radius 2 is 2.00 bits per heavy atom. The highest BCUT2D eigenvalue weighted by molar-refractivity contribution is 5.93. The molecule has 1 aromatic rings. The zero-order chi connectivity index (χ0) is 15.4. The van der Waals surface area contributed by atoms with Crippen LogP contribution in [0.2, 0.25) is 0 Å². The van der Waals surface area contributed by atoms with E-state index in [9.17, 15) is 9.59 Å². The molecule has 1 N–H and O–H groups in total. The number of carbonyl (C=O) groups excluding carboxylic acids is 2. The summed E-state index contributed by atoms with van der Waals surface area (Å²) in [6.07, 6.45) is 11.7. The fourth-order valence-corrected chi connectivity index (χ4v) is 3.15. The lowest BCUT2D eigenvalue weighted by Gasteiger charge is -2.33. The Bertz CT molecular complexity index is 542. The lowest BCUT2D eigenvalue weighted by atomic mass is 9.93. The highest BCUT2D eigenvalue weighted by Gasteiger charge is 2.27. The van der Waals surface area contributed by atoms with Crippen LogP contribution in [0.25, 0.3) is 0 Å². The van der Waals surface area contributed by atoms with Gasteiger partial charge in [-0.25, -0.2) is 0 Å². The maximum absolute atomic E-state index is 12.2. The van der Waals surface area contributed by atoms with E-state index in [0.29, 0.717) is 18.7 Å². The first-order chi connectivity index (χ1) is 10.7. The van der Waals surface area contributed by atoms with Gasteiger partial charge in [0.15, 0.2) is 0 Å². The van der Waals surface area contributed by atoms with Gasteiger partial charge in [-0.3, -0.25) is 9.59 Å². The molecule has 0 spiro atoms. The van der Waals surface area contributed by atoms with Gasteiger partial charge in [0, 0.05) is 25.0 Å². The summed E-state index contributed by atoms with van der Waals surface area (Å²) in [6, 6.07) is 1.87. The lowest BCUT2D eigenvalue weighted by molar-refractivity contribution is -0.126. The number of nitrogens with zero attached hydrogens (tertiary/aromatic N) is 1. The molecule has 1 aliphatic carbocycles. The van der Waals surface area contributed by atoms with Crippen molar-refractivity contribution >= 4 is 11.8 Å². The molecule has 5 heteroatoms. The molecule has 118 valence electrons. The number of carbonyl (C=O) groups is 2. The normalized spacial score (nSPS) is 22.5. The average Bonchev–Trinajstić information content (AvgIpc) is 3.10. The number of piperidine rings is 1. The summed E-state index contributed by atoms with van der Waals surface area (Å²) in [5.41, 5.74) is 0.594. The zero-order valence-electron chi connectivity index (χ0n) is 12.7. The summed E-state index contributed by atoms with van der Waals surface area (Å²) in [6.45, 7) is 1.36. The Morgan fingerprint density at radius 3 is 2.64 bits per heavy atom. The fraction of sp³-hybridized carbons (Fsp3) is 0.529. The molecular weight excluding hydrogens is 280 g/mol. The molecule has 3 rings (SSSR count). The molecule has 22 heavy (non-hydrogen) atoms. The molecule has 1 fully saturated rings. The molecule has 0 bridgehead atoms. The Hall–Kier alpha value is -2.04. The number of hydrogen-bond acceptors (Lipinski definition) is 3. The number of rotatable bonds is 3. The third-order valence-electron chi connectivity index (χ3n) is 4.54. The summed E-state index contributed by atoms with van der Waals surface area (Å²) in [5.74, 6) is 0.301. The monoisotopic (exact) mass is 302 g/mol. The molecule has 1 aliphatic heterocycles. The van der Waals surface area contributed by atoms with E-state index in [1.165, 1.54) is 12.5 Å². The molecule has 1 saturated heterocycles. The van der Waals surface area contributed by atoms with Crippen molar-refractivity contribution in [2.45, 2.75) is 38.1 Å². The Morgan fingerprint density at radius 1 is 1.18 bits per heavy atom. The number of allylic oxidation sites excluding steroid dienone is 2. The van der Waals surface area contributed by atoms with E-state index >= 15 is 0 Å². The SMILES string of the molecule is O=C(NC1CCN(C(=O)c2ccoc2)CC1)[C@@H]1CC=CCC1. The minimum Gasteiger partial charge on any atom is -0.472 e. The van der Waals surface area contributed by atoms with Crippen molar-refractivity contribution in [2.24, 2.45) is 5.92 Å². The van der Waals surface area contributed by atoms with Crippen molar-refractivity contribution < 1.29 is 14.0 Å². The van der Waals surface area contributed by atoms with Gasteiger partial charge in [0.05, 0.1) is 11.8 Å². The molecule has 0 unspecified atom stereocenters. The van der Waals surface area contributed by atoms with Crippen molar-refractivity contribution in [1.29, 1.82) is 0 Å².